The van der Waals surface area contributed by atoms with E-state index in [2.05, 4.69) is 49.4 Å². The summed E-state index contributed by atoms with van der Waals surface area (Å²) in [5, 5.41) is 0. The van der Waals surface area contributed by atoms with Gasteiger partial charge in [0.15, 0.2) is 0 Å². The first-order valence-electron chi connectivity index (χ1n) is 12.7. The number of esters is 2. The van der Waals surface area contributed by atoms with Crippen LogP contribution in [0.25, 0.3) is 6.08 Å². The monoisotopic (exact) mass is 500 g/mol. The van der Waals surface area contributed by atoms with E-state index in [0.717, 1.165) is 53.7 Å². The fraction of sp³-hybridized carbons (Fsp3) is 0.312. The average Bonchev–Trinajstić information content (AvgIpc) is 2.93. The van der Waals surface area contributed by atoms with Crippen LogP contribution in [0.5, 0.6) is 5.75 Å². The summed E-state index contributed by atoms with van der Waals surface area (Å²) < 4.78 is 15.8. The van der Waals surface area contributed by atoms with E-state index in [9.17, 15) is 9.59 Å². The number of rotatable bonds is 13. The number of benzene rings is 3. The lowest BCUT2D eigenvalue weighted by molar-refractivity contribution is -0.140. The average molecular weight is 501 g/mol. The smallest absolute Gasteiger partial charge is 0.337 e. The van der Waals surface area contributed by atoms with Gasteiger partial charge in [-0.3, -0.25) is 4.79 Å². The van der Waals surface area contributed by atoms with Crippen molar-refractivity contribution in [3.63, 3.8) is 0 Å². The van der Waals surface area contributed by atoms with Gasteiger partial charge in [0, 0.05) is 12.0 Å². The Morgan fingerprint density at radius 3 is 2.32 bits per heavy atom. The molecule has 0 heterocycles. The fourth-order valence-corrected chi connectivity index (χ4v) is 4.12. The summed E-state index contributed by atoms with van der Waals surface area (Å²) in [6, 6.07) is 23.9. The van der Waals surface area contributed by atoms with Crippen LogP contribution in [-0.2, 0) is 27.3 Å². The molecule has 3 aromatic rings. The van der Waals surface area contributed by atoms with E-state index in [1.54, 1.807) is 12.1 Å². The molecule has 3 rings (SSSR count). The molecule has 3 aromatic carbocycles. The van der Waals surface area contributed by atoms with Crippen molar-refractivity contribution in [2.45, 2.75) is 45.6 Å². The molecule has 0 radical (unpaired) electrons. The predicted octanol–water partition coefficient (Wildman–Crippen LogP) is 6.97. The van der Waals surface area contributed by atoms with Crippen molar-refractivity contribution in [3.05, 3.63) is 107 Å². The standard InChI is InChI=1S/C32H36O5/c1-24-13-17-28(30(21-24)37-23-27-10-5-4-6-11-27)18-14-25(9-7-8-12-31(33)35-2)22-26-15-19-29(20-16-26)32(34)36-3/h4-6,10-11,13-21,25H,7-9,12,22-23H2,1-3H3/b18-14+. The zero-order valence-electron chi connectivity index (χ0n) is 21.9. The van der Waals surface area contributed by atoms with Crippen LogP contribution in [0.3, 0.4) is 0 Å². The third kappa shape index (κ3) is 9.26. The Balaban J connectivity index is 1.74. The van der Waals surface area contributed by atoms with E-state index in [1.807, 2.05) is 30.3 Å². The number of carbonyl (C=O) groups excluding carboxylic acids is 2. The molecule has 5 nitrogen and oxygen atoms in total. The van der Waals surface area contributed by atoms with Crippen LogP contribution < -0.4 is 4.74 Å². The minimum atomic E-state index is -0.340. The molecule has 0 N–H and O–H groups in total. The molecule has 37 heavy (non-hydrogen) atoms. The van der Waals surface area contributed by atoms with E-state index < -0.39 is 0 Å². The first-order valence-corrected chi connectivity index (χ1v) is 12.7. The minimum Gasteiger partial charge on any atom is -0.488 e. The summed E-state index contributed by atoms with van der Waals surface area (Å²) in [6.45, 7) is 2.57. The van der Waals surface area contributed by atoms with Gasteiger partial charge in [0.25, 0.3) is 0 Å². The third-order valence-corrected chi connectivity index (χ3v) is 6.26. The summed E-state index contributed by atoms with van der Waals surface area (Å²) in [5.74, 6) is 0.593. The largest absolute Gasteiger partial charge is 0.488 e. The van der Waals surface area contributed by atoms with Gasteiger partial charge >= 0.3 is 11.9 Å². The summed E-state index contributed by atoms with van der Waals surface area (Å²) >= 11 is 0. The molecule has 1 unspecified atom stereocenters. The van der Waals surface area contributed by atoms with Gasteiger partial charge in [-0.2, -0.15) is 0 Å². The van der Waals surface area contributed by atoms with E-state index in [4.69, 9.17) is 14.2 Å². The second-order valence-corrected chi connectivity index (χ2v) is 9.15. The molecule has 0 spiro atoms. The second kappa shape index (κ2) is 14.6. The van der Waals surface area contributed by atoms with Gasteiger partial charge in [-0.25, -0.2) is 4.79 Å². The third-order valence-electron chi connectivity index (χ3n) is 6.26. The lowest BCUT2D eigenvalue weighted by atomic mass is 9.92. The molecule has 0 fully saturated rings. The molecule has 194 valence electrons. The number of hydrogen-bond donors (Lipinski definition) is 0. The number of allylic oxidation sites excluding steroid dienone is 1. The lowest BCUT2D eigenvalue weighted by Crippen LogP contribution is -2.05. The molecule has 0 aliphatic rings. The molecular formula is C32H36O5. The maximum Gasteiger partial charge on any atom is 0.337 e. The Morgan fingerprint density at radius 1 is 0.865 bits per heavy atom. The molecule has 0 aliphatic carbocycles. The van der Waals surface area contributed by atoms with E-state index in [-0.39, 0.29) is 17.9 Å². The molecule has 0 bridgehead atoms. The molecule has 5 heteroatoms. The van der Waals surface area contributed by atoms with E-state index in [1.165, 1.54) is 14.2 Å². The van der Waals surface area contributed by atoms with Gasteiger partial charge in [-0.15, -0.1) is 0 Å². The molecule has 1 atom stereocenters. The number of carbonyl (C=O) groups is 2. The zero-order valence-corrected chi connectivity index (χ0v) is 21.9. The topological polar surface area (TPSA) is 61.8 Å². The first kappa shape index (κ1) is 27.7. The Bertz CT molecular complexity index is 1170. The van der Waals surface area contributed by atoms with Crippen LogP contribution in [0.1, 0.15) is 58.3 Å². The summed E-state index contributed by atoms with van der Waals surface area (Å²) in [7, 11) is 2.80. The highest BCUT2D eigenvalue weighted by Gasteiger charge is 2.11. The van der Waals surface area contributed by atoms with Gasteiger partial charge in [0.2, 0.25) is 0 Å². The van der Waals surface area contributed by atoms with Crippen LogP contribution >= 0.6 is 0 Å². The van der Waals surface area contributed by atoms with Gasteiger partial charge in [-0.1, -0.05) is 73.2 Å². The van der Waals surface area contributed by atoms with Gasteiger partial charge < -0.3 is 14.2 Å². The maximum absolute atomic E-state index is 11.8. The van der Waals surface area contributed by atoms with Gasteiger partial charge in [-0.05, 0) is 67.0 Å². The summed E-state index contributed by atoms with van der Waals surface area (Å²) in [5.41, 5.74) is 4.97. The molecule has 0 saturated carbocycles. The van der Waals surface area contributed by atoms with E-state index >= 15 is 0 Å². The number of hydrogen-bond acceptors (Lipinski definition) is 5. The van der Waals surface area contributed by atoms with Crippen molar-refractivity contribution in [1.29, 1.82) is 0 Å². The van der Waals surface area contributed by atoms with Crippen LogP contribution in [0, 0.1) is 12.8 Å². The summed E-state index contributed by atoms with van der Waals surface area (Å²) in [4.78, 5) is 23.3. The molecule has 0 aromatic heterocycles. The maximum atomic E-state index is 11.8. The number of ether oxygens (including phenoxy) is 3. The number of methoxy groups -OCH3 is 2. The SMILES string of the molecule is COC(=O)CCCCC(/C=C/c1ccc(C)cc1OCc1ccccc1)Cc1ccc(C(=O)OC)cc1. The summed E-state index contributed by atoms with van der Waals surface area (Å²) in [6.07, 6.45) is 8.24. The van der Waals surface area contributed by atoms with Gasteiger partial charge in [0.05, 0.1) is 19.8 Å². The zero-order chi connectivity index (χ0) is 26.5. The quantitative estimate of drug-likeness (QED) is 0.187. The highest BCUT2D eigenvalue weighted by atomic mass is 16.5. The fourth-order valence-electron chi connectivity index (χ4n) is 4.12. The highest BCUT2D eigenvalue weighted by molar-refractivity contribution is 5.89. The van der Waals surface area contributed by atoms with Crippen molar-refractivity contribution in [3.8, 4) is 5.75 Å². The van der Waals surface area contributed by atoms with E-state index in [0.29, 0.717) is 18.6 Å². The number of unbranched alkanes of at least 4 members (excludes halogenated alkanes) is 1. The lowest BCUT2D eigenvalue weighted by Gasteiger charge is -2.15. The Morgan fingerprint density at radius 2 is 1.62 bits per heavy atom. The van der Waals surface area contributed by atoms with Crippen LogP contribution in [0.15, 0.2) is 78.9 Å². The second-order valence-electron chi connectivity index (χ2n) is 9.15. The van der Waals surface area contributed by atoms with Crippen molar-refractivity contribution < 1.29 is 23.8 Å². The Kier molecular flexibility index (Phi) is 11.0. The predicted molar refractivity (Wildman–Crippen MR) is 146 cm³/mol. The van der Waals surface area contributed by atoms with Crippen LogP contribution in [0.2, 0.25) is 0 Å². The van der Waals surface area contributed by atoms with Crippen molar-refractivity contribution in [1.82, 2.24) is 0 Å². The van der Waals surface area contributed by atoms with Gasteiger partial charge in [0.1, 0.15) is 12.4 Å². The molecular weight excluding hydrogens is 464 g/mol. The van der Waals surface area contributed by atoms with Crippen LogP contribution in [0.4, 0.5) is 0 Å². The van der Waals surface area contributed by atoms with Crippen molar-refractivity contribution in [2.24, 2.45) is 5.92 Å². The normalized spacial score (nSPS) is 11.8. The van der Waals surface area contributed by atoms with Crippen molar-refractivity contribution >= 4 is 18.0 Å². The molecule has 0 aliphatic heterocycles. The van der Waals surface area contributed by atoms with Crippen LogP contribution in [-0.4, -0.2) is 26.2 Å². The molecule has 0 saturated heterocycles. The Hall–Kier alpha value is -3.86. The highest BCUT2D eigenvalue weighted by Crippen LogP contribution is 2.26. The first-order chi connectivity index (χ1) is 18.0. The van der Waals surface area contributed by atoms with Crippen molar-refractivity contribution in [2.75, 3.05) is 14.2 Å². The number of aryl methyl sites for hydroxylation is 1. The molecule has 0 amide bonds. The Labute approximate surface area is 220 Å². The minimum absolute atomic E-state index is 0.176.